The van der Waals surface area contributed by atoms with Gasteiger partial charge in [-0.2, -0.15) is 5.10 Å². The standard InChI is InChI=1S/C22H21F3N4O2/c1-13-21(14(2)29(28-13)19-8-7-17(24)12-18(19)25)22(31)27-10-9-26-20(30)11-15-3-5-16(23)6-4-15/h3-8,12H,9-11H2,1-2H3,(H,26,30)(H,27,31). The van der Waals surface area contributed by atoms with Gasteiger partial charge in [0.05, 0.1) is 23.4 Å². The molecule has 0 aliphatic rings. The van der Waals surface area contributed by atoms with Gasteiger partial charge in [0.25, 0.3) is 5.91 Å². The molecule has 0 spiro atoms. The molecular formula is C22H21F3N4O2. The summed E-state index contributed by atoms with van der Waals surface area (Å²) >= 11 is 0. The van der Waals surface area contributed by atoms with Crippen molar-refractivity contribution in [2.45, 2.75) is 20.3 Å². The summed E-state index contributed by atoms with van der Waals surface area (Å²) in [6, 6.07) is 8.75. The average molecular weight is 430 g/mol. The van der Waals surface area contributed by atoms with Gasteiger partial charge in [0.1, 0.15) is 17.3 Å². The quantitative estimate of drug-likeness (QED) is 0.566. The lowest BCUT2D eigenvalue weighted by atomic mass is 10.1. The van der Waals surface area contributed by atoms with E-state index in [4.69, 9.17) is 0 Å². The maximum absolute atomic E-state index is 14.1. The number of aromatic nitrogens is 2. The molecule has 0 saturated heterocycles. The molecule has 0 aliphatic carbocycles. The molecule has 0 saturated carbocycles. The third kappa shape index (κ3) is 5.30. The maximum atomic E-state index is 14.1. The van der Waals surface area contributed by atoms with Crippen molar-refractivity contribution in [3.05, 3.63) is 82.4 Å². The van der Waals surface area contributed by atoms with Gasteiger partial charge in [-0.3, -0.25) is 9.59 Å². The Bertz CT molecular complexity index is 1110. The summed E-state index contributed by atoms with van der Waals surface area (Å²) in [6.07, 6.45) is 0.0997. The third-order valence-corrected chi connectivity index (χ3v) is 4.67. The molecular weight excluding hydrogens is 409 g/mol. The summed E-state index contributed by atoms with van der Waals surface area (Å²) in [4.78, 5) is 24.5. The van der Waals surface area contributed by atoms with Crippen LogP contribution >= 0.6 is 0 Å². The summed E-state index contributed by atoms with van der Waals surface area (Å²) < 4.78 is 41.4. The lowest BCUT2D eigenvalue weighted by molar-refractivity contribution is -0.120. The Morgan fingerprint density at radius 3 is 2.26 bits per heavy atom. The van der Waals surface area contributed by atoms with Crippen LogP contribution in [-0.2, 0) is 11.2 Å². The fourth-order valence-corrected chi connectivity index (χ4v) is 3.18. The van der Waals surface area contributed by atoms with Crippen LogP contribution in [0.4, 0.5) is 13.2 Å². The molecule has 2 aromatic carbocycles. The minimum atomic E-state index is -0.790. The van der Waals surface area contributed by atoms with E-state index in [1.54, 1.807) is 13.8 Å². The molecule has 1 aromatic heterocycles. The zero-order chi connectivity index (χ0) is 22.5. The van der Waals surface area contributed by atoms with Gasteiger partial charge in [-0.15, -0.1) is 0 Å². The molecule has 9 heteroatoms. The number of amides is 2. The number of rotatable bonds is 7. The van der Waals surface area contributed by atoms with Gasteiger partial charge in [-0.1, -0.05) is 12.1 Å². The lowest BCUT2D eigenvalue weighted by Crippen LogP contribution is -2.35. The van der Waals surface area contributed by atoms with Crippen molar-refractivity contribution < 1.29 is 22.8 Å². The van der Waals surface area contributed by atoms with Crippen molar-refractivity contribution in [2.24, 2.45) is 0 Å². The first kappa shape index (κ1) is 22.1. The van der Waals surface area contributed by atoms with E-state index in [-0.39, 0.29) is 42.5 Å². The molecule has 2 N–H and O–H groups in total. The number of carbonyl (C=O) groups excluding carboxylic acids is 2. The van der Waals surface area contributed by atoms with E-state index >= 15 is 0 Å². The molecule has 1 heterocycles. The van der Waals surface area contributed by atoms with Crippen LogP contribution in [0, 0.1) is 31.3 Å². The van der Waals surface area contributed by atoms with Gasteiger partial charge >= 0.3 is 0 Å². The molecule has 6 nitrogen and oxygen atoms in total. The van der Waals surface area contributed by atoms with Crippen molar-refractivity contribution in [3.63, 3.8) is 0 Å². The van der Waals surface area contributed by atoms with E-state index in [0.717, 1.165) is 12.1 Å². The van der Waals surface area contributed by atoms with E-state index in [1.165, 1.54) is 35.0 Å². The molecule has 0 bridgehead atoms. The number of hydrogen-bond acceptors (Lipinski definition) is 3. The summed E-state index contributed by atoms with van der Waals surface area (Å²) in [5.74, 6) is -2.55. The molecule has 0 fully saturated rings. The molecule has 2 amide bonds. The van der Waals surface area contributed by atoms with Crippen LogP contribution < -0.4 is 10.6 Å². The van der Waals surface area contributed by atoms with E-state index in [9.17, 15) is 22.8 Å². The Kier molecular flexibility index (Phi) is 6.74. The molecule has 0 radical (unpaired) electrons. The Morgan fingerprint density at radius 2 is 1.58 bits per heavy atom. The van der Waals surface area contributed by atoms with Crippen molar-refractivity contribution in [2.75, 3.05) is 13.1 Å². The second kappa shape index (κ2) is 9.46. The highest BCUT2D eigenvalue weighted by molar-refractivity contribution is 5.96. The summed E-state index contributed by atoms with van der Waals surface area (Å²) in [6.45, 7) is 3.60. The van der Waals surface area contributed by atoms with E-state index < -0.39 is 17.5 Å². The van der Waals surface area contributed by atoms with Gasteiger partial charge in [-0.05, 0) is 43.7 Å². The summed E-state index contributed by atoms with van der Waals surface area (Å²) in [5.41, 5.74) is 1.78. The zero-order valence-corrected chi connectivity index (χ0v) is 17.0. The van der Waals surface area contributed by atoms with Gasteiger partial charge in [0.2, 0.25) is 5.91 Å². The first-order chi connectivity index (χ1) is 14.8. The number of nitrogens with one attached hydrogen (secondary N) is 2. The van der Waals surface area contributed by atoms with Crippen molar-refractivity contribution in [1.29, 1.82) is 0 Å². The number of carbonyl (C=O) groups is 2. The highest BCUT2D eigenvalue weighted by Gasteiger charge is 2.20. The van der Waals surface area contributed by atoms with Crippen LogP contribution in [-0.4, -0.2) is 34.7 Å². The second-order valence-electron chi connectivity index (χ2n) is 6.96. The van der Waals surface area contributed by atoms with Gasteiger partial charge in [-0.25, -0.2) is 17.9 Å². The molecule has 162 valence electrons. The smallest absolute Gasteiger partial charge is 0.255 e. The average Bonchev–Trinajstić information content (AvgIpc) is 3.01. The molecule has 31 heavy (non-hydrogen) atoms. The number of benzene rings is 2. The Morgan fingerprint density at radius 1 is 0.935 bits per heavy atom. The minimum absolute atomic E-state index is 0.0362. The van der Waals surface area contributed by atoms with Gasteiger partial charge in [0.15, 0.2) is 5.82 Å². The SMILES string of the molecule is Cc1nn(-c2ccc(F)cc2F)c(C)c1C(=O)NCCNC(=O)Cc1ccc(F)cc1. The van der Waals surface area contributed by atoms with Crippen molar-refractivity contribution >= 4 is 11.8 Å². The first-order valence-corrected chi connectivity index (χ1v) is 9.57. The molecule has 3 rings (SSSR count). The van der Waals surface area contributed by atoms with Crippen LogP contribution in [0.3, 0.4) is 0 Å². The van der Waals surface area contributed by atoms with Crippen LogP contribution in [0.15, 0.2) is 42.5 Å². The predicted octanol–water partition coefficient (Wildman–Crippen LogP) is 3.00. The van der Waals surface area contributed by atoms with Crippen molar-refractivity contribution in [1.82, 2.24) is 20.4 Å². The van der Waals surface area contributed by atoms with E-state index in [0.29, 0.717) is 17.0 Å². The highest BCUT2D eigenvalue weighted by Crippen LogP contribution is 2.20. The van der Waals surface area contributed by atoms with Gasteiger partial charge in [0, 0.05) is 19.2 Å². The molecule has 0 atom stereocenters. The molecule has 0 unspecified atom stereocenters. The Balaban J connectivity index is 1.56. The highest BCUT2D eigenvalue weighted by atomic mass is 19.1. The number of halogens is 3. The van der Waals surface area contributed by atoms with Gasteiger partial charge < -0.3 is 10.6 Å². The Labute approximate surface area is 177 Å². The fraction of sp³-hybridized carbons (Fsp3) is 0.227. The monoisotopic (exact) mass is 430 g/mol. The summed E-state index contributed by atoms with van der Waals surface area (Å²) in [5, 5.41) is 9.56. The van der Waals surface area contributed by atoms with E-state index in [2.05, 4.69) is 15.7 Å². The summed E-state index contributed by atoms with van der Waals surface area (Å²) in [7, 11) is 0. The molecule has 0 aliphatic heterocycles. The number of nitrogens with zero attached hydrogens (tertiary/aromatic N) is 2. The molecule has 3 aromatic rings. The lowest BCUT2D eigenvalue weighted by Gasteiger charge is -2.09. The number of hydrogen-bond donors (Lipinski definition) is 2. The van der Waals surface area contributed by atoms with Crippen molar-refractivity contribution in [3.8, 4) is 5.69 Å². The van der Waals surface area contributed by atoms with Crippen LogP contribution in [0.5, 0.6) is 0 Å². The normalized spacial score (nSPS) is 10.7. The maximum Gasteiger partial charge on any atom is 0.255 e. The third-order valence-electron chi connectivity index (χ3n) is 4.67. The predicted molar refractivity (Wildman–Crippen MR) is 108 cm³/mol. The second-order valence-corrected chi connectivity index (χ2v) is 6.96. The van der Waals surface area contributed by atoms with Crippen LogP contribution in [0.1, 0.15) is 27.3 Å². The van der Waals surface area contributed by atoms with Crippen LogP contribution in [0.25, 0.3) is 5.69 Å². The van der Waals surface area contributed by atoms with E-state index in [1.807, 2.05) is 0 Å². The Hall–Kier alpha value is -3.62. The fourth-order valence-electron chi connectivity index (χ4n) is 3.18. The topological polar surface area (TPSA) is 76.0 Å². The first-order valence-electron chi connectivity index (χ1n) is 9.57. The van der Waals surface area contributed by atoms with Crippen LogP contribution in [0.2, 0.25) is 0 Å². The largest absolute Gasteiger partial charge is 0.354 e. The zero-order valence-electron chi connectivity index (χ0n) is 17.0. The minimum Gasteiger partial charge on any atom is -0.354 e. The number of aryl methyl sites for hydroxylation is 1.